The first-order valence-corrected chi connectivity index (χ1v) is 7.49. The SMILES string of the molecule is C=C(C)C(=O)Oc1ccc(N2C(=O)C3CC=CCC3C2=O)cc1. The van der Waals surface area contributed by atoms with Crippen LogP contribution >= 0.6 is 0 Å². The largest absolute Gasteiger partial charge is 0.423 e. The Morgan fingerprint density at radius 1 is 1.09 bits per heavy atom. The molecule has 1 aromatic carbocycles. The highest BCUT2D eigenvalue weighted by molar-refractivity contribution is 6.22. The number of carbonyl (C=O) groups is 3. The average molecular weight is 311 g/mol. The lowest BCUT2D eigenvalue weighted by molar-refractivity contribution is -0.130. The highest BCUT2D eigenvalue weighted by Gasteiger charge is 2.47. The van der Waals surface area contributed by atoms with Crippen LogP contribution in [0.25, 0.3) is 0 Å². The molecular weight excluding hydrogens is 294 g/mol. The molecule has 0 spiro atoms. The van der Waals surface area contributed by atoms with Gasteiger partial charge in [-0.05, 0) is 44.0 Å². The quantitative estimate of drug-likeness (QED) is 0.283. The lowest BCUT2D eigenvalue weighted by Crippen LogP contribution is -2.30. The molecule has 0 aromatic heterocycles. The molecule has 2 amide bonds. The highest BCUT2D eigenvalue weighted by Crippen LogP contribution is 2.37. The van der Waals surface area contributed by atoms with Crippen LogP contribution < -0.4 is 9.64 Å². The van der Waals surface area contributed by atoms with E-state index in [1.165, 1.54) is 4.90 Å². The van der Waals surface area contributed by atoms with Gasteiger partial charge in [0.25, 0.3) is 0 Å². The number of hydrogen-bond donors (Lipinski definition) is 0. The van der Waals surface area contributed by atoms with Crippen molar-refractivity contribution in [3.05, 3.63) is 48.6 Å². The van der Waals surface area contributed by atoms with E-state index in [2.05, 4.69) is 6.58 Å². The molecule has 0 radical (unpaired) electrons. The Bertz CT molecular complexity index is 691. The van der Waals surface area contributed by atoms with Gasteiger partial charge in [0, 0.05) is 5.57 Å². The van der Waals surface area contributed by atoms with Crippen LogP contribution in [-0.4, -0.2) is 17.8 Å². The van der Waals surface area contributed by atoms with E-state index < -0.39 is 5.97 Å². The minimum atomic E-state index is -0.511. The summed E-state index contributed by atoms with van der Waals surface area (Å²) in [6.07, 6.45) is 5.13. The van der Waals surface area contributed by atoms with E-state index in [-0.39, 0.29) is 23.7 Å². The molecular formula is C18H17NO4. The van der Waals surface area contributed by atoms with Gasteiger partial charge < -0.3 is 4.74 Å². The zero-order valence-corrected chi connectivity index (χ0v) is 12.8. The van der Waals surface area contributed by atoms with E-state index in [0.717, 1.165) is 0 Å². The van der Waals surface area contributed by atoms with Crippen molar-refractivity contribution in [3.63, 3.8) is 0 Å². The summed E-state index contributed by atoms with van der Waals surface area (Å²) in [6.45, 7) is 5.08. The van der Waals surface area contributed by atoms with Crippen LogP contribution in [0.4, 0.5) is 5.69 Å². The summed E-state index contributed by atoms with van der Waals surface area (Å²) in [7, 11) is 0. The summed E-state index contributed by atoms with van der Waals surface area (Å²) in [5, 5.41) is 0. The lowest BCUT2D eigenvalue weighted by Gasteiger charge is -2.15. The predicted molar refractivity (Wildman–Crippen MR) is 84.7 cm³/mol. The second kappa shape index (κ2) is 5.83. The van der Waals surface area contributed by atoms with Gasteiger partial charge in [0.2, 0.25) is 11.8 Å². The van der Waals surface area contributed by atoms with Gasteiger partial charge in [0.05, 0.1) is 17.5 Å². The van der Waals surface area contributed by atoms with E-state index in [4.69, 9.17) is 4.74 Å². The summed E-state index contributed by atoms with van der Waals surface area (Å²) in [5.41, 5.74) is 0.806. The maximum absolute atomic E-state index is 12.5. The van der Waals surface area contributed by atoms with Crippen molar-refractivity contribution in [2.75, 3.05) is 4.90 Å². The van der Waals surface area contributed by atoms with Crippen LogP contribution in [-0.2, 0) is 14.4 Å². The molecule has 0 N–H and O–H groups in total. The number of carbonyl (C=O) groups excluding carboxylic acids is 3. The third-order valence-electron chi connectivity index (χ3n) is 4.16. The molecule has 0 bridgehead atoms. The number of fused-ring (bicyclic) bond motifs is 1. The van der Waals surface area contributed by atoms with Crippen LogP contribution in [0.15, 0.2) is 48.6 Å². The normalized spacial score (nSPS) is 22.9. The average Bonchev–Trinajstić information content (AvgIpc) is 2.80. The van der Waals surface area contributed by atoms with E-state index >= 15 is 0 Å². The molecule has 5 heteroatoms. The number of hydrogen-bond acceptors (Lipinski definition) is 4. The monoisotopic (exact) mass is 311 g/mol. The van der Waals surface area contributed by atoms with E-state index in [1.807, 2.05) is 12.2 Å². The van der Waals surface area contributed by atoms with Crippen LogP contribution in [0.3, 0.4) is 0 Å². The first-order chi connectivity index (χ1) is 11.0. The Labute approximate surface area is 134 Å². The molecule has 23 heavy (non-hydrogen) atoms. The molecule has 118 valence electrons. The van der Waals surface area contributed by atoms with Crippen molar-refractivity contribution in [1.82, 2.24) is 0 Å². The number of imide groups is 1. The smallest absolute Gasteiger partial charge is 0.338 e. The molecule has 1 heterocycles. The Balaban J connectivity index is 1.80. The van der Waals surface area contributed by atoms with Crippen molar-refractivity contribution in [1.29, 1.82) is 0 Å². The topological polar surface area (TPSA) is 63.7 Å². The highest BCUT2D eigenvalue weighted by atomic mass is 16.5. The lowest BCUT2D eigenvalue weighted by atomic mass is 9.85. The maximum atomic E-state index is 12.5. The van der Waals surface area contributed by atoms with Gasteiger partial charge in [-0.25, -0.2) is 4.79 Å². The number of ether oxygens (including phenoxy) is 1. The van der Waals surface area contributed by atoms with Crippen molar-refractivity contribution in [3.8, 4) is 5.75 Å². The minimum absolute atomic E-state index is 0.156. The fraction of sp³-hybridized carbons (Fsp3) is 0.278. The third-order valence-corrected chi connectivity index (χ3v) is 4.16. The summed E-state index contributed by atoms with van der Waals surface area (Å²) >= 11 is 0. The summed E-state index contributed by atoms with van der Waals surface area (Å²) in [6, 6.07) is 6.36. The van der Waals surface area contributed by atoms with Crippen LogP contribution in [0.1, 0.15) is 19.8 Å². The molecule has 1 fully saturated rings. The molecule has 5 nitrogen and oxygen atoms in total. The Kier molecular flexibility index (Phi) is 3.86. The number of anilines is 1. The van der Waals surface area contributed by atoms with Gasteiger partial charge in [-0.3, -0.25) is 14.5 Å². The minimum Gasteiger partial charge on any atom is -0.423 e. The number of nitrogens with zero attached hydrogens (tertiary/aromatic N) is 1. The molecule has 2 unspecified atom stereocenters. The second-order valence-corrected chi connectivity index (χ2v) is 5.83. The fourth-order valence-electron chi connectivity index (χ4n) is 2.91. The number of benzene rings is 1. The first kappa shape index (κ1) is 15.2. The number of amides is 2. The van der Waals surface area contributed by atoms with Crippen molar-refractivity contribution >= 4 is 23.5 Å². The Morgan fingerprint density at radius 3 is 2.09 bits per heavy atom. The van der Waals surface area contributed by atoms with Gasteiger partial charge >= 0.3 is 5.97 Å². The first-order valence-electron chi connectivity index (χ1n) is 7.49. The zero-order valence-electron chi connectivity index (χ0n) is 12.8. The zero-order chi connectivity index (χ0) is 16.6. The van der Waals surface area contributed by atoms with Gasteiger partial charge in [0.15, 0.2) is 0 Å². The second-order valence-electron chi connectivity index (χ2n) is 5.83. The van der Waals surface area contributed by atoms with Gasteiger partial charge in [0.1, 0.15) is 5.75 Å². The standard InChI is InChI=1S/C18H17NO4/c1-11(2)18(22)23-13-9-7-12(8-10-13)19-16(20)14-5-3-4-6-15(14)17(19)21/h3-4,7-10,14-15H,1,5-6H2,2H3. The molecule has 1 aromatic rings. The van der Waals surface area contributed by atoms with Gasteiger partial charge in [-0.1, -0.05) is 18.7 Å². The summed E-state index contributed by atoms with van der Waals surface area (Å²) in [5.74, 6) is -0.989. The molecule has 1 aliphatic carbocycles. The number of allylic oxidation sites excluding steroid dienone is 2. The van der Waals surface area contributed by atoms with Crippen LogP contribution in [0.2, 0.25) is 0 Å². The van der Waals surface area contributed by atoms with E-state index in [1.54, 1.807) is 31.2 Å². The van der Waals surface area contributed by atoms with Gasteiger partial charge in [-0.2, -0.15) is 0 Å². The number of esters is 1. The van der Waals surface area contributed by atoms with Crippen LogP contribution in [0, 0.1) is 11.8 Å². The van der Waals surface area contributed by atoms with Crippen molar-refractivity contribution in [2.24, 2.45) is 11.8 Å². The summed E-state index contributed by atoms with van der Waals surface area (Å²) < 4.78 is 5.10. The third kappa shape index (κ3) is 2.70. The molecule has 2 atom stereocenters. The molecule has 2 aliphatic rings. The Morgan fingerprint density at radius 2 is 1.61 bits per heavy atom. The van der Waals surface area contributed by atoms with E-state index in [0.29, 0.717) is 29.9 Å². The van der Waals surface area contributed by atoms with Crippen LogP contribution in [0.5, 0.6) is 5.75 Å². The molecule has 1 aliphatic heterocycles. The van der Waals surface area contributed by atoms with E-state index in [9.17, 15) is 14.4 Å². The van der Waals surface area contributed by atoms with Crippen molar-refractivity contribution in [2.45, 2.75) is 19.8 Å². The molecule has 1 saturated heterocycles. The molecule has 3 rings (SSSR count). The Hall–Kier alpha value is -2.69. The maximum Gasteiger partial charge on any atom is 0.338 e. The predicted octanol–water partition coefficient (Wildman–Crippen LogP) is 2.62. The van der Waals surface area contributed by atoms with Crippen molar-refractivity contribution < 1.29 is 19.1 Å². The fourth-order valence-corrected chi connectivity index (χ4v) is 2.91. The van der Waals surface area contributed by atoms with Gasteiger partial charge in [-0.15, -0.1) is 0 Å². The molecule has 0 saturated carbocycles. The summed E-state index contributed by atoms with van der Waals surface area (Å²) in [4.78, 5) is 37.7. The number of rotatable bonds is 3.